The molecular weight excluding hydrogens is 306 g/mol. The summed E-state index contributed by atoms with van der Waals surface area (Å²) in [5.41, 5.74) is 0.963. The van der Waals surface area contributed by atoms with Crippen molar-refractivity contribution >= 4 is 15.7 Å². The second-order valence-electron chi connectivity index (χ2n) is 5.23. The molecule has 1 atom stereocenters. The van der Waals surface area contributed by atoms with Crippen molar-refractivity contribution in [3.8, 4) is 5.69 Å². The largest absolute Gasteiger partial charge is 0.348 e. The van der Waals surface area contributed by atoms with Crippen molar-refractivity contribution in [2.45, 2.75) is 19.4 Å². The van der Waals surface area contributed by atoms with Crippen molar-refractivity contribution in [2.75, 3.05) is 11.5 Å². The van der Waals surface area contributed by atoms with Crippen molar-refractivity contribution in [1.29, 1.82) is 0 Å². The van der Waals surface area contributed by atoms with Gasteiger partial charge in [-0.15, -0.1) is 5.10 Å². The van der Waals surface area contributed by atoms with Gasteiger partial charge in [-0.3, -0.25) is 4.79 Å². The summed E-state index contributed by atoms with van der Waals surface area (Å²) in [5.74, 6) is 0.340. The molecule has 0 spiro atoms. The van der Waals surface area contributed by atoms with E-state index in [0.29, 0.717) is 23.5 Å². The Morgan fingerprint density at radius 3 is 2.77 bits per heavy atom. The van der Waals surface area contributed by atoms with Gasteiger partial charge in [0.25, 0.3) is 5.91 Å². The van der Waals surface area contributed by atoms with Crippen LogP contribution in [0.3, 0.4) is 0 Å². The summed E-state index contributed by atoms with van der Waals surface area (Å²) in [7, 11) is -3.04. The fourth-order valence-corrected chi connectivity index (χ4v) is 4.15. The second kappa shape index (κ2) is 5.48. The van der Waals surface area contributed by atoms with Crippen LogP contribution >= 0.6 is 0 Å². The Morgan fingerprint density at radius 2 is 2.14 bits per heavy atom. The van der Waals surface area contributed by atoms with Gasteiger partial charge in [0.15, 0.2) is 15.7 Å². The molecular formula is C13H15N5O3S. The molecule has 1 aromatic heterocycles. The molecule has 3 rings (SSSR count). The van der Waals surface area contributed by atoms with Crippen molar-refractivity contribution in [1.82, 2.24) is 25.5 Å². The first-order chi connectivity index (χ1) is 10.5. The number of sulfone groups is 1. The first kappa shape index (κ1) is 14.6. The lowest BCUT2D eigenvalue weighted by Gasteiger charge is -2.13. The molecule has 9 heteroatoms. The van der Waals surface area contributed by atoms with E-state index in [9.17, 15) is 13.2 Å². The van der Waals surface area contributed by atoms with Crippen molar-refractivity contribution in [3.05, 3.63) is 35.7 Å². The van der Waals surface area contributed by atoms with Gasteiger partial charge in [0.05, 0.1) is 22.8 Å². The van der Waals surface area contributed by atoms with Gasteiger partial charge in [0, 0.05) is 6.04 Å². The number of rotatable bonds is 3. The molecule has 1 aliphatic heterocycles. The van der Waals surface area contributed by atoms with E-state index in [4.69, 9.17) is 0 Å². The maximum Gasteiger partial charge on any atom is 0.253 e. The van der Waals surface area contributed by atoms with Crippen LogP contribution in [0.4, 0.5) is 0 Å². The summed E-state index contributed by atoms with van der Waals surface area (Å²) < 4.78 is 24.4. The molecule has 1 aromatic carbocycles. The van der Waals surface area contributed by atoms with Gasteiger partial charge < -0.3 is 5.32 Å². The Labute approximate surface area is 127 Å². The van der Waals surface area contributed by atoms with Gasteiger partial charge >= 0.3 is 0 Å². The van der Waals surface area contributed by atoms with Crippen LogP contribution in [0.1, 0.15) is 22.6 Å². The maximum absolute atomic E-state index is 12.5. The molecule has 1 aliphatic rings. The lowest BCUT2D eigenvalue weighted by atomic mass is 10.1. The van der Waals surface area contributed by atoms with Crippen LogP contribution in [-0.2, 0) is 9.84 Å². The molecule has 0 saturated carbocycles. The number of nitrogens with zero attached hydrogens (tertiary/aromatic N) is 4. The summed E-state index contributed by atoms with van der Waals surface area (Å²) in [6.45, 7) is 1.73. The van der Waals surface area contributed by atoms with Gasteiger partial charge in [0.2, 0.25) is 0 Å². The molecule has 8 nitrogen and oxygen atoms in total. The normalized spacial score (nSPS) is 20.0. The van der Waals surface area contributed by atoms with Crippen LogP contribution < -0.4 is 5.32 Å². The minimum absolute atomic E-state index is 0.00911. The van der Waals surface area contributed by atoms with Gasteiger partial charge in [0.1, 0.15) is 0 Å². The van der Waals surface area contributed by atoms with E-state index in [1.165, 1.54) is 4.68 Å². The number of aromatic nitrogens is 4. The third kappa shape index (κ3) is 2.84. The van der Waals surface area contributed by atoms with Crippen LogP contribution in [0.15, 0.2) is 24.3 Å². The van der Waals surface area contributed by atoms with Crippen molar-refractivity contribution in [2.24, 2.45) is 0 Å². The molecule has 0 bridgehead atoms. The highest BCUT2D eigenvalue weighted by Crippen LogP contribution is 2.16. The summed E-state index contributed by atoms with van der Waals surface area (Å²) >= 11 is 0. The zero-order valence-electron chi connectivity index (χ0n) is 11.9. The monoisotopic (exact) mass is 321 g/mol. The highest BCUT2D eigenvalue weighted by atomic mass is 32.2. The number of carbonyl (C=O) groups excluding carboxylic acids is 1. The fourth-order valence-electron chi connectivity index (χ4n) is 2.48. The molecule has 0 aliphatic carbocycles. The summed E-state index contributed by atoms with van der Waals surface area (Å²) in [5, 5.41) is 14.0. The average Bonchev–Trinajstić information content (AvgIpc) is 3.04. The number of nitrogens with one attached hydrogen (secondary N) is 1. The van der Waals surface area contributed by atoms with Crippen LogP contribution in [0, 0.1) is 6.92 Å². The third-order valence-corrected chi connectivity index (χ3v) is 5.34. The average molecular weight is 321 g/mol. The highest BCUT2D eigenvalue weighted by Gasteiger charge is 2.29. The van der Waals surface area contributed by atoms with E-state index in [1.807, 2.05) is 0 Å². The summed E-state index contributed by atoms with van der Waals surface area (Å²) in [6.07, 6.45) is 0.445. The van der Waals surface area contributed by atoms with E-state index >= 15 is 0 Å². The number of carbonyl (C=O) groups is 1. The van der Waals surface area contributed by atoms with Crippen molar-refractivity contribution in [3.63, 3.8) is 0 Å². The quantitative estimate of drug-likeness (QED) is 0.845. The molecule has 1 saturated heterocycles. The third-order valence-electron chi connectivity index (χ3n) is 3.57. The molecule has 1 N–H and O–H groups in total. The minimum atomic E-state index is -3.04. The smallest absolute Gasteiger partial charge is 0.253 e. The first-order valence-electron chi connectivity index (χ1n) is 6.82. The predicted molar refractivity (Wildman–Crippen MR) is 78.4 cm³/mol. The van der Waals surface area contributed by atoms with Gasteiger partial charge in [-0.25, -0.2) is 8.42 Å². The lowest BCUT2D eigenvalue weighted by Crippen LogP contribution is -2.36. The van der Waals surface area contributed by atoms with Crippen LogP contribution in [0.5, 0.6) is 0 Å². The molecule has 1 amide bonds. The van der Waals surface area contributed by atoms with E-state index in [0.717, 1.165) is 0 Å². The second-order valence-corrected chi connectivity index (χ2v) is 7.46. The minimum Gasteiger partial charge on any atom is -0.348 e. The Kier molecular flexibility index (Phi) is 3.65. The number of amides is 1. The highest BCUT2D eigenvalue weighted by molar-refractivity contribution is 7.91. The topological polar surface area (TPSA) is 107 Å². The maximum atomic E-state index is 12.5. The van der Waals surface area contributed by atoms with Crippen LogP contribution in [0.25, 0.3) is 5.69 Å². The van der Waals surface area contributed by atoms with E-state index in [1.54, 1.807) is 31.2 Å². The molecule has 1 fully saturated rings. The molecule has 22 heavy (non-hydrogen) atoms. The number of aryl methyl sites for hydroxylation is 1. The Morgan fingerprint density at radius 1 is 1.36 bits per heavy atom. The standard InChI is InChI=1S/C13H15N5O3S/c1-9-15-16-17-18(9)12-5-3-2-4-11(12)13(19)14-10-6-7-22(20,21)8-10/h2-5,10H,6-8H2,1H3,(H,14,19). The summed E-state index contributed by atoms with van der Waals surface area (Å²) in [6, 6.07) is 6.58. The number of hydrogen-bond donors (Lipinski definition) is 1. The molecule has 2 heterocycles. The molecule has 116 valence electrons. The fraction of sp³-hybridized carbons (Fsp3) is 0.385. The Balaban J connectivity index is 1.86. The number of tetrazole rings is 1. The van der Waals surface area contributed by atoms with E-state index in [2.05, 4.69) is 20.8 Å². The van der Waals surface area contributed by atoms with Crippen LogP contribution in [0.2, 0.25) is 0 Å². The number of hydrogen-bond acceptors (Lipinski definition) is 6. The Bertz CT molecular complexity index is 815. The van der Waals surface area contributed by atoms with Gasteiger partial charge in [-0.1, -0.05) is 12.1 Å². The molecule has 2 aromatic rings. The van der Waals surface area contributed by atoms with E-state index in [-0.39, 0.29) is 23.5 Å². The molecule has 0 radical (unpaired) electrons. The van der Waals surface area contributed by atoms with Crippen molar-refractivity contribution < 1.29 is 13.2 Å². The number of para-hydroxylation sites is 1. The zero-order valence-corrected chi connectivity index (χ0v) is 12.7. The van der Waals surface area contributed by atoms with Gasteiger partial charge in [-0.2, -0.15) is 4.68 Å². The van der Waals surface area contributed by atoms with Gasteiger partial charge in [-0.05, 0) is 35.9 Å². The SMILES string of the molecule is Cc1nnnn1-c1ccccc1C(=O)NC1CCS(=O)(=O)C1. The lowest BCUT2D eigenvalue weighted by molar-refractivity contribution is 0.0941. The van der Waals surface area contributed by atoms with Crippen LogP contribution in [-0.4, -0.2) is 52.1 Å². The number of benzene rings is 1. The molecule has 1 unspecified atom stereocenters. The first-order valence-corrected chi connectivity index (χ1v) is 8.64. The zero-order chi connectivity index (χ0) is 15.7. The predicted octanol–water partition coefficient (Wildman–Crippen LogP) is -0.112. The summed E-state index contributed by atoms with van der Waals surface area (Å²) in [4.78, 5) is 12.5. The van der Waals surface area contributed by atoms with E-state index < -0.39 is 9.84 Å². The Hall–Kier alpha value is -2.29.